The lowest BCUT2D eigenvalue weighted by Gasteiger charge is -2.45. The number of ether oxygens (including phenoxy) is 1. The van der Waals surface area contributed by atoms with Crippen molar-refractivity contribution in [3.63, 3.8) is 0 Å². The number of nitrogens with one attached hydrogen (secondary N) is 1. The fraction of sp³-hybridized carbons (Fsp3) is 0.818. The molecule has 1 heterocycles. The summed E-state index contributed by atoms with van der Waals surface area (Å²) in [5.74, 6) is -4.67. The van der Waals surface area contributed by atoms with Gasteiger partial charge < -0.3 is 19.6 Å². The van der Waals surface area contributed by atoms with Crippen LogP contribution >= 0.6 is 7.60 Å². The van der Waals surface area contributed by atoms with Crippen molar-refractivity contribution < 1.29 is 47.0 Å². The molecule has 1 unspecified atom stereocenters. The standard InChI is InChI=1S/C11H19F3N3O7P/c1-24-11(25(21,22)23,15-16-5-3-2-4-6-16)17(7-8(18)19)9(20)10(12,13)14/h15H,2-7H2,1H3,(H,18,19)(H2,21,22,23). The number of alkyl halides is 3. The summed E-state index contributed by atoms with van der Waals surface area (Å²) in [6.07, 6.45) is -3.60. The number of hydrazine groups is 1. The molecule has 25 heavy (non-hydrogen) atoms. The van der Waals surface area contributed by atoms with Gasteiger partial charge >= 0.3 is 31.2 Å². The van der Waals surface area contributed by atoms with E-state index in [9.17, 15) is 37.1 Å². The Morgan fingerprint density at radius 2 is 1.76 bits per heavy atom. The first-order chi connectivity index (χ1) is 11.3. The second-order valence-corrected chi connectivity index (χ2v) is 6.99. The number of halogens is 3. The van der Waals surface area contributed by atoms with Crippen LogP contribution in [-0.4, -0.2) is 75.2 Å². The topological polar surface area (TPSA) is 140 Å². The van der Waals surface area contributed by atoms with E-state index in [1.165, 1.54) is 5.01 Å². The number of carboxylic acids is 1. The molecule has 1 amide bonds. The zero-order valence-corrected chi connectivity index (χ0v) is 14.1. The number of nitrogens with zero attached hydrogens (tertiary/aromatic N) is 2. The lowest BCUT2D eigenvalue weighted by molar-refractivity contribution is -0.214. The Labute approximate surface area is 140 Å². The number of piperidine rings is 1. The van der Waals surface area contributed by atoms with Gasteiger partial charge in [0.2, 0.25) is 0 Å². The monoisotopic (exact) mass is 393 g/mol. The summed E-state index contributed by atoms with van der Waals surface area (Å²) in [7, 11) is -4.98. The maximum Gasteiger partial charge on any atom is 0.471 e. The Hall–Kier alpha value is -1.24. The molecule has 1 atom stereocenters. The highest BCUT2D eigenvalue weighted by molar-refractivity contribution is 7.53. The molecule has 10 nitrogen and oxygen atoms in total. The van der Waals surface area contributed by atoms with E-state index in [-0.39, 0.29) is 13.1 Å². The third kappa shape index (κ3) is 5.12. The number of carbonyl (C=O) groups excluding carboxylic acids is 1. The lowest BCUT2D eigenvalue weighted by Crippen LogP contribution is -2.68. The highest BCUT2D eigenvalue weighted by Crippen LogP contribution is 2.52. The number of methoxy groups -OCH3 is 1. The SMILES string of the molecule is COC(NN1CCCCC1)(N(CC(=O)O)C(=O)C(F)(F)F)P(=O)(O)O. The molecule has 1 fully saturated rings. The summed E-state index contributed by atoms with van der Waals surface area (Å²) in [5, 5.41) is 10.0. The van der Waals surface area contributed by atoms with Crippen LogP contribution in [-0.2, 0) is 18.9 Å². The van der Waals surface area contributed by atoms with E-state index in [1.54, 1.807) is 0 Å². The van der Waals surface area contributed by atoms with Crippen LogP contribution in [0.5, 0.6) is 0 Å². The van der Waals surface area contributed by atoms with Gasteiger partial charge in [0.05, 0.1) is 0 Å². The van der Waals surface area contributed by atoms with Crippen LogP contribution in [0.2, 0.25) is 0 Å². The molecule has 0 aromatic rings. The van der Waals surface area contributed by atoms with Gasteiger partial charge in [-0.2, -0.15) is 18.6 Å². The van der Waals surface area contributed by atoms with Crippen LogP contribution in [0.1, 0.15) is 19.3 Å². The number of rotatable bonds is 7. The van der Waals surface area contributed by atoms with Crippen LogP contribution in [0.15, 0.2) is 0 Å². The molecule has 0 aromatic heterocycles. The Kier molecular flexibility index (Phi) is 6.95. The van der Waals surface area contributed by atoms with Crippen molar-refractivity contribution in [3.8, 4) is 0 Å². The van der Waals surface area contributed by atoms with Crippen molar-refractivity contribution >= 4 is 19.5 Å². The molecule has 146 valence electrons. The van der Waals surface area contributed by atoms with Gasteiger partial charge in [0.1, 0.15) is 6.54 Å². The number of aliphatic carboxylic acids is 1. The van der Waals surface area contributed by atoms with Gasteiger partial charge in [0.15, 0.2) is 0 Å². The van der Waals surface area contributed by atoms with E-state index in [0.717, 1.165) is 6.42 Å². The van der Waals surface area contributed by atoms with Crippen LogP contribution in [0.25, 0.3) is 0 Å². The van der Waals surface area contributed by atoms with Gasteiger partial charge in [-0.1, -0.05) is 6.42 Å². The van der Waals surface area contributed by atoms with E-state index in [4.69, 9.17) is 5.11 Å². The van der Waals surface area contributed by atoms with Gasteiger partial charge in [0.25, 0.3) is 0 Å². The molecule has 4 N–H and O–H groups in total. The zero-order valence-electron chi connectivity index (χ0n) is 13.2. The van der Waals surface area contributed by atoms with Gasteiger partial charge in [-0.05, 0) is 12.8 Å². The van der Waals surface area contributed by atoms with E-state index >= 15 is 0 Å². The largest absolute Gasteiger partial charge is 0.480 e. The van der Waals surface area contributed by atoms with E-state index in [1.807, 2.05) is 0 Å². The normalized spacial score (nSPS) is 19.3. The van der Waals surface area contributed by atoms with E-state index < -0.39 is 42.7 Å². The average molecular weight is 393 g/mol. The number of hydrogen-bond donors (Lipinski definition) is 4. The minimum atomic E-state index is -5.64. The molecule has 1 aliphatic heterocycles. The number of amides is 1. The summed E-state index contributed by atoms with van der Waals surface area (Å²) >= 11 is 0. The second-order valence-electron chi connectivity index (χ2n) is 5.30. The van der Waals surface area contributed by atoms with Gasteiger partial charge in [-0.15, -0.1) is 0 Å². The predicted molar refractivity (Wildman–Crippen MR) is 75.7 cm³/mol. The maximum atomic E-state index is 12.8. The Bertz CT molecular complexity index is 550. The van der Waals surface area contributed by atoms with Crippen molar-refractivity contribution in [1.29, 1.82) is 0 Å². The van der Waals surface area contributed by atoms with Crippen molar-refractivity contribution in [1.82, 2.24) is 15.3 Å². The first-order valence-electron chi connectivity index (χ1n) is 7.09. The minimum absolute atomic E-state index is 0.215. The Morgan fingerprint density at radius 3 is 2.12 bits per heavy atom. The molecule has 0 bridgehead atoms. The third-order valence-electron chi connectivity index (χ3n) is 3.49. The number of carbonyl (C=O) groups is 2. The number of hydrogen-bond acceptors (Lipinski definition) is 6. The van der Waals surface area contributed by atoms with Crippen LogP contribution in [0, 0.1) is 0 Å². The van der Waals surface area contributed by atoms with E-state index in [2.05, 4.69) is 10.2 Å². The third-order valence-corrected chi connectivity index (χ3v) is 4.80. The van der Waals surface area contributed by atoms with Crippen molar-refractivity contribution in [2.24, 2.45) is 0 Å². The maximum absolute atomic E-state index is 12.8. The van der Waals surface area contributed by atoms with Crippen molar-refractivity contribution in [2.75, 3.05) is 26.7 Å². The summed E-state index contributed by atoms with van der Waals surface area (Å²) in [6, 6.07) is 0. The van der Waals surface area contributed by atoms with Crippen LogP contribution in [0.4, 0.5) is 13.2 Å². The molecule has 1 aliphatic rings. The van der Waals surface area contributed by atoms with Gasteiger partial charge in [-0.3, -0.25) is 19.1 Å². The molecular formula is C11H19F3N3O7P. The van der Waals surface area contributed by atoms with Crippen LogP contribution < -0.4 is 5.43 Å². The highest BCUT2D eigenvalue weighted by Gasteiger charge is 2.61. The molecule has 0 radical (unpaired) electrons. The quantitative estimate of drug-likeness (QED) is 0.344. The summed E-state index contributed by atoms with van der Waals surface area (Å²) < 4.78 is 55.1. The average Bonchev–Trinajstić information content (AvgIpc) is 2.48. The first-order valence-corrected chi connectivity index (χ1v) is 8.70. The number of carboxylic acid groups (broad SMARTS) is 1. The molecular weight excluding hydrogens is 374 g/mol. The van der Waals surface area contributed by atoms with Crippen LogP contribution in [0.3, 0.4) is 0 Å². The first kappa shape index (κ1) is 21.8. The predicted octanol–water partition coefficient (Wildman–Crippen LogP) is -0.112. The zero-order chi connectivity index (χ0) is 19.5. The Morgan fingerprint density at radius 1 is 1.24 bits per heavy atom. The minimum Gasteiger partial charge on any atom is -0.480 e. The van der Waals surface area contributed by atoms with Crippen molar-refractivity contribution in [3.05, 3.63) is 0 Å². The van der Waals surface area contributed by atoms with E-state index in [0.29, 0.717) is 20.0 Å². The molecule has 1 rings (SSSR count). The van der Waals surface area contributed by atoms with Crippen molar-refractivity contribution in [2.45, 2.75) is 31.0 Å². The summed E-state index contributed by atoms with van der Waals surface area (Å²) in [5.41, 5.74) is -1.20. The fourth-order valence-corrected chi connectivity index (χ4v) is 3.36. The molecule has 0 aliphatic carbocycles. The summed E-state index contributed by atoms with van der Waals surface area (Å²) in [4.78, 5) is 41.2. The summed E-state index contributed by atoms with van der Waals surface area (Å²) in [6.45, 7) is -1.21. The van der Waals surface area contributed by atoms with Gasteiger partial charge in [0, 0.05) is 20.2 Å². The van der Waals surface area contributed by atoms with Gasteiger partial charge in [-0.25, -0.2) is 5.01 Å². The highest BCUT2D eigenvalue weighted by atomic mass is 31.2. The molecule has 14 heteroatoms. The smallest absolute Gasteiger partial charge is 0.471 e. The Balaban J connectivity index is 3.39. The molecule has 0 spiro atoms. The molecule has 0 saturated carbocycles. The molecule has 0 aromatic carbocycles. The fourth-order valence-electron chi connectivity index (χ4n) is 2.37. The second kappa shape index (κ2) is 7.98. The lowest BCUT2D eigenvalue weighted by atomic mass is 10.2. The molecule has 1 saturated heterocycles.